The van der Waals surface area contributed by atoms with E-state index >= 15 is 0 Å². The molecule has 2 aliphatic rings. The topological polar surface area (TPSA) is 29.5 Å². The van der Waals surface area contributed by atoms with Gasteiger partial charge in [0.05, 0.1) is 12.5 Å². The van der Waals surface area contributed by atoms with Crippen LogP contribution >= 0.6 is 0 Å². The predicted octanol–water partition coefficient (Wildman–Crippen LogP) is 2.03. The lowest BCUT2D eigenvalue weighted by atomic mass is 9.90. The number of aryl methyl sites for hydroxylation is 1. The smallest absolute Gasteiger partial charge is 0.228 e. The Kier molecular flexibility index (Phi) is 3.56. The minimum absolute atomic E-state index is 0.125. The number of carbonyl (C=O) groups excluding carboxylic acids is 1. The van der Waals surface area contributed by atoms with Gasteiger partial charge in [-0.15, -0.1) is 0 Å². The van der Waals surface area contributed by atoms with E-state index in [1.807, 2.05) is 4.90 Å². The number of carbonyl (C=O) groups is 1. The molecule has 19 heavy (non-hydrogen) atoms. The zero-order valence-electron chi connectivity index (χ0n) is 11.5. The standard InChI is InChI=1S/C16H21NO2/c1-12-3-2-4-13(7-12)8-14-9-17(10-14)16(18)15-5-6-19-11-15/h2-4,7,14-15H,5-6,8-11H2,1H3/t15-/m0/s1. The van der Waals surface area contributed by atoms with Crippen LogP contribution in [0.4, 0.5) is 0 Å². The highest BCUT2D eigenvalue weighted by atomic mass is 16.5. The fourth-order valence-electron chi connectivity index (χ4n) is 3.04. The number of hydrogen-bond acceptors (Lipinski definition) is 2. The summed E-state index contributed by atoms with van der Waals surface area (Å²) in [5.74, 6) is 1.06. The van der Waals surface area contributed by atoms with Crippen molar-refractivity contribution < 1.29 is 9.53 Å². The second-order valence-electron chi connectivity index (χ2n) is 5.86. The van der Waals surface area contributed by atoms with E-state index in [2.05, 4.69) is 31.2 Å². The van der Waals surface area contributed by atoms with Gasteiger partial charge in [-0.25, -0.2) is 0 Å². The summed E-state index contributed by atoms with van der Waals surface area (Å²) in [6.45, 7) is 5.33. The first kappa shape index (κ1) is 12.7. The molecule has 2 saturated heterocycles. The maximum absolute atomic E-state index is 12.1. The highest BCUT2D eigenvalue weighted by Gasteiger charge is 2.35. The summed E-state index contributed by atoms with van der Waals surface area (Å²) in [6, 6.07) is 8.67. The van der Waals surface area contributed by atoms with Crippen LogP contribution < -0.4 is 0 Å². The third-order valence-corrected chi connectivity index (χ3v) is 4.15. The van der Waals surface area contributed by atoms with E-state index in [0.29, 0.717) is 18.4 Å². The highest BCUT2D eigenvalue weighted by Crippen LogP contribution is 2.25. The fraction of sp³-hybridized carbons (Fsp3) is 0.562. The molecule has 1 aromatic rings. The minimum atomic E-state index is 0.125. The van der Waals surface area contributed by atoms with Gasteiger partial charge in [-0.3, -0.25) is 4.79 Å². The molecule has 1 aromatic carbocycles. The highest BCUT2D eigenvalue weighted by molar-refractivity contribution is 5.80. The third kappa shape index (κ3) is 2.81. The Balaban J connectivity index is 1.48. The maximum Gasteiger partial charge on any atom is 0.228 e. The maximum atomic E-state index is 12.1. The summed E-state index contributed by atoms with van der Waals surface area (Å²) in [7, 11) is 0. The van der Waals surface area contributed by atoms with Crippen molar-refractivity contribution in [3.63, 3.8) is 0 Å². The van der Waals surface area contributed by atoms with E-state index in [4.69, 9.17) is 4.74 Å². The average molecular weight is 259 g/mol. The molecule has 3 heteroatoms. The van der Waals surface area contributed by atoms with E-state index in [0.717, 1.165) is 32.5 Å². The molecule has 0 unspecified atom stereocenters. The Morgan fingerprint density at radius 3 is 2.95 bits per heavy atom. The summed E-state index contributed by atoms with van der Waals surface area (Å²) >= 11 is 0. The molecule has 2 fully saturated rings. The molecule has 3 rings (SSSR count). The number of hydrogen-bond donors (Lipinski definition) is 0. The summed E-state index contributed by atoms with van der Waals surface area (Å²) in [5.41, 5.74) is 2.70. The van der Waals surface area contributed by atoms with Crippen LogP contribution in [-0.4, -0.2) is 37.1 Å². The van der Waals surface area contributed by atoms with Crippen LogP contribution in [0.5, 0.6) is 0 Å². The van der Waals surface area contributed by atoms with Crippen molar-refractivity contribution in [2.24, 2.45) is 11.8 Å². The average Bonchev–Trinajstić information content (AvgIpc) is 2.86. The second-order valence-corrected chi connectivity index (χ2v) is 5.86. The summed E-state index contributed by atoms with van der Waals surface area (Å²) < 4.78 is 5.29. The molecule has 0 radical (unpaired) electrons. The van der Waals surface area contributed by atoms with Crippen molar-refractivity contribution in [3.05, 3.63) is 35.4 Å². The molecule has 0 aliphatic carbocycles. The monoisotopic (exact) mass is 259 g/mol. The Morgan fingerprint density at radius 2 is 2.26 bits per heavy atom. The van der Waals surface area contributed by atoms with Gasteiger partial charge in [-0.05, 0) is 31.2 Å². The van der Waals surface area contributed by atoms with E-state index in [1.165, 1.54) is 11.1 Å². The van der Waals surface area contributed by atoms with Gasteiger partial charge < -0.3 is 9.64 Å². The lowest BCUT2D eigenvalue weighted by Gasteiger charge is -2.40. The van der Waals surface area contributed by atoms with Gasteiger partial charge in [-0.1, -0.05) is 29.8 Å². The molecular weight excluding hydrogens is 238 g/mol. The molecule has 2 heterocycles. The SMILES string of the molecule is Cc1cccc(CC2CN(C(=O)[C@H]3CCOC3)C2)c1. The molecule has 0 N–H and O–H groups in total. The minimum Gasteiger partial charge on any atom is -0.381 e. The molecule has 1 amide bonds. The number of ether oxygens (including phenoxy) is 1. The van der Waals surface area contributed by atoms with Gasteiger partial charge in [-0.2, -0.15) is 0 Å². The van der Waals surface area contributed by atoms with Gasteiger partial charge in [0.25, 0.3) is 0 Å². The predicted molar refractivity (Wildman–Crippen MR) is 73.9 cm³/mol. The number of amides is 1. The quantitative estimate of drug-likeness (QED) is 0.831. The lowest BCUT2D eigenvalue weighted by Crippen LogP contribution is -2.52. The van der Waals surface area contributed by atoms with Crippen molar-refractivity contribution >= 4 is 5.91 Å². The van der Waals surface area contributed by atoms with Crippen molar-refractivity contribution in [2.45, 2.75) is 19.8 Å². The van der Waals surface area contributed by atoms with Crippen LogP contribution in [0.25, 0.3) is 0 Å². The Bertz CT molecular complexity index is 460. The first-order valence-corrected chi connectivity index (χ1v) is 7.14. The van der Waals surface area contributed by atoms with Gasteiger partial charge in [0.1, 0.15) is 0 Å². The van der Waals surface area contributed by atoms with Crippen LogP contribution in [-0.2, 0) is 16.0 Å². The van der Waals surface area contributed by atoms with E-state index in [1.54, 1.807) is 0 Å². The fourth-order valence-corrected chi connectivity index (χ4v) is 3.04. The van der Waals surface area contributed by atoms with Gasteiger partial charge in [0.2, 0.25) is 5.91 Å². The van der Waals surface area contributed by atoms with Crippen LogP contribution in [0.15, 0.2) is 24.3 Å². The Hall–Kier alpha value is -1.35. The van der Waals surface area contributed by atoms with Crippen molar-refractivity contribution in [3.8, 4) is 0 Å². The molecular formula is C16H21NO2. The molecule has 0 saturated carbocycles. The summed E-state index contributed by atoms with van der Waals surface area (Å²) in [5, 5.41) is 0. The zero-order chi connectivity index (χ0) is 13.2. The van der Waals surface area contributed by atoms with E-state index < -0.39 is 0 Å². The van der Waals surface area contributed by atoms with Crippen LogP contribution in [0.3, 0.4) is 0 Å². The lowest BCUT2D eigenvalue weighted by molar-refractivity contribution is -0.141. The number of benzene rings is 1. The van der Waals surface area contributed by atoms with Gasteiger partial charge in [0.15, 0.2) is 0 Å². The summed E-state index contributed by atoms with van der Waals surface area (Å²) in [6.07, 6.45) is 1.99. The first-order chi connectivity index (χ1) is 9.22. The Morgan fingerprint density at radius 1 is 1.42 bits per heavy atom. The van der Waals surface area contributed by atoms with Crippen molar-refractivity contribution in [1.29, 1.82) is 0 Å². The Labute approximate surface area is 114 Å². The summed E-state index contributed by atoms with van der Waals surface area (Å²) in [4.78, 5) is 14.1. The first-order valence-electron chi connectivity index (χ1n) is 7.14. The zero-order valence-corrected chi connectivity index (χ0v) is 11.5. The molecule has 3 nitrogen and oxygen atoms in total. The number of nitrogens with zero attached hydrogens (tertiary/aromatic N) is 1. The van der Waals surface area contributed by atoms with Crippen LogP contribution in [0.1, 0.15) is 17.5 Å². The molecule has 1 atom stereocenters. The second kappa shape index (κ2) is 5.33. The van der Waals surface area contributed by atoms with E-state index in [9.17, 15) is 4.79 Å². The molecule has 2 aliphatic heterocycles. The van der Waals surface area contributed by atoms with Crippen molar-refractivity contribution in [2.75, 3.05) is 26.3 Å². The van der Waals surface area contributed by atoms with E-state index in [-0.39, 0.29) is 5.92 Å². The number of rotatable bonds is 3. The van der Waals surface area contributed by atoms with Gasteiger partial charge in [0, 0.05) is 19.7 Å². The molecule has 0 aromatic heterocycles. The molecule has 102 valence electrons. The molecule has 0 spiro atoms. The van der Waals surface area contributed by atoms with Crippen LogP contribution in [0, 0.1) is 18.8 Å². The van der Waals surface area contributed by atoms with Crippen LogP contribution in [0.2, 0.25) is 0 Å². The normalized spacial score (nSPS) is 23.4. The molecule has 0 bridgehead atoms. The van der Waals surface area contributed by atoms with Gasteiger partial charge >= 0.3 is 0 Å². The number of likely N-dealkylation sites (tertiary alicyclic amines) is 1. The van der Waals surface area contributed by atoms with Crippen molar-refractivity contribution in [1.82, 2.24) is 4.90 Å². The third-order valence-electron chi connectivity index (χ3n) is 4.15. The largest absolute Gasteiger partial charge is 0.381 e.